The highest BCUT2D eigenvalue weighted by Crippen LogP contribution is 2.51. The molecule has 6 unspecified atom stereocenters. The van der Waals surface area contributed by atoms with Crippen LogP contribution >= 0.6 is 0 Å². The average Bonchev–Trinajstić information content (AvgIpc) is 2.97. The number of aryl methyl sites for hydroxylation is 1. The van der Waals surface area contributed by atoms with Gasteiger partial charge in [0.25, 0.3) is 0 Å². The third-order valence-corrected chi connectivity index (χ3v) is 5.30. The standard InChI is InChI=1S/C17H18O6/c1-7-2-3-8-9(4-7)10(11-6-13(18)22-15(11)19)5-12-14(8)17(21)23-16(12)20/h2-4,10-15,18-19H,5-6H2,1H3. The molecule has 6 atom stereocenters. The molecule has 0 spiro atoms. The minimum atomic E-state index is -1.08. The summed E-state index contributed by atoms with van der Waals surface area (Å²) in [5, 5.41) is 19.8. The molecule has 4 rings (SSSR count). The van der Waals surface area contributed by atoms with Gasteiger partial charge in [-0.25, -0.2) is 0 Å². The first kappa shape index (κ1) is 14.8. The molecule has 2 fully saturated rings. The van der Waals surface area contributed by atoms with Gasteiger partial charge in [-0.05, 0) is 30.4 Å². The van der Waals surface area contributed by atoms with Crippen LogP contribution in [0.15, 0.2) is 18.2 Å². The lowest BCUT2D eigenvalue weighted by molar-refractivity contribution is -0.170. The smallest absolute Gasteiger partial charge is 0.321 e. The molecule has 3 aliphatic rings. The highest BCUT2D eigenvalue weighted by Gasteiger charge is 2.53. The molecule has 2 N–H and O–H groups in total. The normalized spacial score (nSPS) is 39.1. The van der Waals surface area contributed by atoms with Crippen molar-refractivity contribution in [3.8, 4) is 0 Å². The van der Waals surface area contributed by atoms with E-state index in [0.29, 0.717) is 12.8 Å². The number of esters is 2. The largest absolute Gasteiger partial charge is 0.392 e. The molecule has 122 valence electrons. The zero-order valence-corrected chi connectivity index (χ0v) is 12.6. The molecule has 1 aromatic rings. The van der Waals surface area contributed by atoms with Gasteiger partial charge in [0.05, 0.1) is 11.8 Å². The van der Waals surface area contributed by atoms with Crippen LogP contribution in [-0.4, -0.2) is 34.7 Å². The number of cyclic esters (lactones) is 2. The summed E-state index contributed by atoms with van der Waals surface area (Å²) < 4.78 is 9.89. The Morgan fingerprint density at radius 3 is 2.52 bits per heavy atom. The van der Waals surface area contributed by atoms with Crippen LogP contribution in [0.4, 0.5) is 0 Å². The SMILES string of the molecule is Cc1ccc2c(c1)C(C1CC(O)OC1O)CC1C(=O)OC(=O)C21. The lowest BCUT2D eigenvalue weighted by Gasteiger charge is -2.35. The van der Waals surface area contributed by atoms with Gasteiger partial charge < -0.3 is 19.7 Å². The second-order valence-corrected chi connectivity index (χ2v) is 6.68. The number of hydrogen-bond donors (Lipinski definition) is 2. The van der Waals surface area contributed by atoms with E-state index in [1.807, 2.05) is 25.1 Å². The average molecular weight is 318 g/mol. The monoisotopic (exact) mass is 318 g/mol. The van der Waals surface area contributed by atoms with Crippen molar-refractivity contribution in [1.82, 2.24) is 0 Å². The van der Waals surface area contributed by atoms with Crippen molar-refractivity contribution in [2.45, 2.75) is 44.2 Å². The van der Waals surface area contributed by atoms with E-state index in [1.165, 1.54) is 0 Å². The number of carbonyl (C=O) groups is 2. The van der Waals surface area contributed by atoms with Gasteiger partial charge in [-0.15, -0.1) is 0 Å². The molecule has 6 nitrogen and oxygen atoms in total. The van der Waals surface area contributed by atoms with Crippen LogP contribution in [0.5, 0.6) is 0 Å². The first-order chi connectivity index (χ1) is 11.0. The summed E-state index contributed by atoms with van der Waals surface area (Å²) in [5.74, 6) is -2.53. The molecule has 6 heteroatoms. The summed E-state index contributed by atoms with van der Waals surface area (Å²) in [5.41, 5.74) is 2.78. The number of hydrogen-bond acceptors (Lipinski definition) is 6. The van der Waals surface area contributed by atoms with Gasteiger partial charge in [-0.2, -0.15) is 0 Å². The lowest BCUT2D eigenvalue weighted by Crippen LogP contribution is -2.32. The highest BCUT2D eigenvalue weighted by molar-refractivity contribution is 6.00. The third-order valence-electron chi connectivity index (χ3n) is 5.30. The van der Waals surface area contributed by atoms with E-state index in [2.05, 4.69) is 0 Å². The van der Waals surface area contributed by atoms with Gasteiger partial charge >= 0.3 is 11.9 Å². The summed E-state index contributed by atoms with van der Waals surface area (Å²) in [7, 11) is 0. The van der Waals surface area contributed by atoms with Gasteiger partial charge in [-0.1, -0.05) is 23.8 Å². The molecule has 0 aromatic heterocycles. The molecular weight excluding hydrogens is 300 g/mol. The molecule has 1 aromatic carbocycles. The van der Waals surface area contributed by atoms with Crippen molar-refractivity contribution in [3.05, 3.63) is 34.9 Å². The highest BCUT2D eigenvalue weighted by atomic mass is 16.7. The maximum atomic E-state index is 12.1. The Bertz CT molecular complexity index is 684. The zero-order chi connectivity index (χ0) is 16.3. The van der Waals surface area contributed by atoms with Gasteiger partial charge in [-0.3, -0.25) is 9.59 Å². The van der Waals surface area contributed by atoms with E-state index in [0.717, 1.165) is 16.7 Å². The van der Waals surface area contributed by atoms with Crippen molar-refractivity contribution >= 4 is 11.9 Å². The van der Waals surface area contributed by atoms with Gasteiger partial charge in [0.1, 0.15) is 0 Å². The van der Waals surface area contributed by atoms with Gasteiger partial charge in [0, 0.05) is 12.3 Å². The fourth-order valence-electron chi connectivity index (χ4n) is 4.25. The van der Waals surface area contributed by atoms with Gasteiger partial charge in [0.2, 0.25) is 0 Å². The maximum absolute atomic E-state index is 12.1. The topological polar surface area (TPSA) is 93.1 Å². The first-order valence-electron chi connectivity index (χ1n) is 7.83. The Balaban J connectivity index is 1.81. The van der Waals surface area contributed by atoms with E-state index < -0.39 is 36.4 Å². The van der Waals surface area contributed by atoms with E-state index in [1.54, 1.807) is 0 Å². The predicted molar refractivity (Wildman–Crippen MR) is 77.1 cm³/mol. The summed E-state index contributed by atoms with van der Waals surface area (Å²) in [6.45, 7) is 1.96. The maximum Gasteiger partial charge on any atom is 0.321 e. The number of rotatable bonds is 1. The minimum Gasteiger partial charge on any atom is -0.392 e. The molecule has 0 saturated carbocycles. The number of benzene rings is 1. The number of aliphatic hydroxyl groups excluding tert-OH is 2. The van der Waals surface area contributed by atoms with Crippen LogP contribution in [-0.2, 0) is 19.1 Å². The molecule has 2 saturated heterocycles. The zero-order valence-electron chi connectivity index (χ0n) is 12.6. The van der Waals surface area contributed by atoms with Crippen LogP contribution in [0, 0.1) is 18.8 Å². The van der Waals surface area contributed by atoms with E-state index in [9.17, 15) is 19.8 Å². The quantitative estimate of drug-likeness (QED) is 0.591. The number of ether oxygens (including phenoxy) is 2. The summed E-state index contributed by atoms with van der Waals surface area (Å²) in [6, 6.07) is 5.77. The van der Waals surface area contributed by atoms with E-state index in [-0.39, 0.29) is 11.8 Å². The Labute approximate surface area is 133 Å². The van der Waals surface area contributed by atoms with Crippen LogP contribution in [0.2, 0.25) is 0 Å². The van der Waals surface area contributed by atoms with Crippen molar-refractivity contribution in [1.29, 1.82) is 0 Å². The molecule has 0 amide bonds. The molecule has 2 heterocycles. The van der Waals surface area contributed by atoms with Crippen LogP contribution in [0.1, 0.15) is 41.4 Å². The first-order valence-corrected chi connectivity index (χ1v) is 7.83. The molecule has 2 aliphatic heterocycles. The Morgan fingerprint density at radius 2 is 1.83 bits per heavy atom. The molecular formula is C17H18O6. The fraction of sp³-hybridized carbons (Fsp3) is 0.529. The molecule has 23 heavy (non-hydrogen) atoms. The van der Waals surface area contributed by atoms with Crippen molar-refractivity contribution in [2.24, 2.45) is 11.8 Å². The van der Waals surface area contributed by atoms with Crippen LogP contribution in [0.25, 0.3) is 0 Å². The second-order valence-electron chi connectivity index (χ2n) is 6.68. The summed E-state index contributed by atoms with van der Waals surface area (Å²) in [6.07, 6.45) is -1.35. The van der Waals surface area contributed by atoms with E-state index >= 15 is 0 Å². The second kappa shape index (κ2) is 5.12. The van der Waals surface area contributed by atoms with Crippen LogP contribution < -0.4 is 0 Å². The lowest BCUT2D eigenvalue weighted by atomic mass is 9.66. The molecule has 1 aliphatic carbocycles. The van der Waals surface area contributed by atoms with Crippen LogP contribution in [0.3, 0.4) is 0 Å². The molecule has 0 bridgehead atoms. The van der Waals surface area contributed by atoms with Crippen molar-refractivity contribution < 1.29 is 29.3 Å². The Hall–Kier alpha value is -1.76. The number of fused-ring (bicyclic) bond motifs is 3. The fourth-order valence-corrected chi connectivity index (χ4v) is 4.25. The summed E-state index contributed by atoms with van der Waals surface area (Å²) in [4.78, 5) is 24.1. The Morgan fingerprint density at radius 1 is 1.04 bits per heavy atom. The number of carbonyl (C=O) groups excluding carboxylic acids is 2. The summed E-state index contributed by atoms with van der Waals surface area (Å²) >= 11 is 0. The van der Waals surface area contributed by atoms with Crippen molar-refractivity contribution in [2.75, 3.05) is 0 Å². The number of aliphatic hydroxyl groups is 2. The molecule has 0 radical (unpaired) electrons. The minimum absolute atomic E-state index is 0.156. The third kappa shape index (κ3) is 2.21. The van der Waals surface area contributed by atoms with Gasteiger partial charge in [0.15, 0.2) is 12.6 Å². The van der Waals surface area contributed by atoms with E-state index in [4.69, 9.17) is 9.47 Å². The predicted octanol–water partition coefficient (Wildman–Crippen LogP) is 0.939. The Kier molecular flexibility index (Phi) is 3.30. The van der Waals surface area contributed by atoms with Crippen molar-refractivity contribution in [3.63, 3.8) is 0 Å².